The van der Waals surface area contributed by atoms with Crippen LogP contribution in [0.3, 0.4) is 0 Å². The number of hydrogen-bond acceptors (Lipinski definition) is 4. The molecular formula is C17H13BrF3N3O3. The number of ether oxygens (including phenoxy) is 1. The van der Waals surface area contributed by atoms with Gasteiger partial charge in [0.15, 0.2) is 0 Å². The van der Waals surface area contributed by atoms with Crippen molar-refractivity contribution in [3.05, 3.63) is 68.9 Å². The van der Waals surface area contributed by atoms with Gasteiger partial charge in [0.1, 0.15) is 5.75 Å². The first-order valence-corrected chi connectivity index (χ1v) is 8.42. The summed E-state index contributed by atoms with van der Waals surface area (Å²) in [6, 6.07) is 6.39. The maximum atomic E-state index is 12.8. The van der Waals surface area contributed by atoms with Gasteiger partial charge in [0, 0.05) is 16.9 Å². The Morgan fingerprint density at radius 3 is 2.48 bits per heavy atom. The van der Waals surface area contributed by atoms with Crippen LogP contribution in [0.5, 0.6) is 11.6 Å². The topological polar surface area (TPSA) is 69.3 Å². The number of aromatic nitrogens is 3. The first-order valence-electron chi connectivity index (χ1n) is 7.63. The first-order chi connectivity index (χ1) is 12.7. The van der Waals surface area contributed by atoms with E-state index in [9.17, 15) is 23.1 Å². The minimum Gasteiger partial charge on any atom is -0.493 e. The molecule has 0 aliphatic heterocycles. The zero-order valence-electron chi connectivity index (χ0n) is 13.9. The van der Waals surface area contributed by atoms with Crippen LogP contribution in [0.2, 0.25) is 0 Å². The van der Waals surface area contributed by atoms with Gasteiger partial charge in [-0.1, -0.05) is 0 Å². The summed E-state index contributed by atoms with van der Waals surface area (Å²) in [5, 5.41) is 10.4. The van der Waals surface area contributed by atoms with Gasteiger partial charge in [-0.05, 0) is 58.7 Å². The average Bonchev–Trinajstić information content (AvgIpc) is 2.80. The molecule has 0 fully saturated rings. The Hall–Kier alpha value is -2.75. The summed E-state index contributed by atoms with van der Waals surface area (Å²) in [5.41, 5.74) is 0.779. The van der Waals surface area contributed by atoms with E-state index in [0.717, 1.165) is 22.3 Å². The van der Waals surface area contributed by atoms with Crippen LogP contribution in [0.1, 0.15) is 11.3 Å². The van der Waals surface area contributed by atoms with Crippen molar-refractivity contribution in [2.75, 3.05) is 0 Å². The third kappa shape index (κ3) is 4.00. The second-order valence-corrected chi connectivity index (χ2v) is 6.48. The van der Waals surface area contributed by atoms with Crippen LogP contribution in [0.4, 0.5) is 13.2 Å². The molecule has 2 heterocycles. The molecule has 142 valence electrons. The number of alkyl halides is 3. The maximum absolute atomic E-state index is 12.8. The van der Waals surface area contributed by atoms with Crippen molar-refractivity contribution in [3.8, 4) is 17.3 Å². The molecule has 0 amide bonds. The number of rotatable bonds is 4. The van der Waals surface area contributed by atoms with Crippen molar-refractivity contribution >= 4 is 15.9 Å². The molecule has 6 nitrogen and oxygen atoms in total. The summed E-state index contributed by atoms with van der Waals surface area (Å²) in [6.45, 7) is 1.76. The van der Waals surface area contributed by atoms with E-state index < -0.39 is 17.8 Å². The molecule has 27 heavy (non-hydrogen) atoms. The van der Waals surface area contributed by atoms with Crippen LogP contribution in [-0.4, -0.2) is 25.6 Å². The van der Waals surface area contributed by atoms with Gasteiger partial charge >= 0.3 is 12.1 Å². The highest BCUT2D eigenvalue weighted by Crippen LogP contribution is 2.26. The molecule has 0 unspecified atom stereocenters. The molecular weight excluding hydrogens is 431 g/mol. The molecule has 3 aromatic rings. The molecule has 0 saturated heterocycles. The normalized spacial score (nSPS) is 11.6. The van der Waals surface area contributed by atoms with Gasteiger partial charge in [-0.2, -0.15) is 0 Å². The number of benzene rings is 1. The predicted octanol–water partition coefficient (Wildman–Crippen LogP) is 3.76. The van der Waals surface area contributed by atoms with Gasteiger partial charge in [0.05, 0.1) is 17.9 Å². The van der Waals surface area contributed by atoms with Crippen molar-refractivity contribution in [1.29, 1.82) is 0 Å². The zero-order chi connectivity index (χ0) is 19.8. The molecule has 1 N–H and O–H groups in total. The molecule has 0 saturated carbocycles. The van der Waals surface area contributed by atoms with Crippen LogP contribution >= 0.6 is 15.9 Å². The lowest BCUT2D eigenvalue weighted by Crippen LogP contribution is -2.24. The molecule has 0 bridgehead atoms. The third-order valence-corrected chi connectivity index (χ3v) is 4.59. The lowest BCUT2D eigenvalue weighted by molar-refractivity contribution is -0.274. The van der Waals surface area contributed by atoms with Crippen LogP contribution in [-0.2, 0) is 6.54 Å². The van der Waals surface area contributed by atoms with E-state index in [1.807, 2.05) is 0 Å². The zero-order valence-corrected chi connectivity index (χ0v) is 15.5. The number of hydrogen-bond donors (Lipinski definition) is 1. The summed E-state index contributed by atoms with van der Waals surface area (Å²) >= 11 is 3.35. The molecule has 1 aromatic carbocycles. The summed E-state index contributed by atoms with van der Waals surface area (Å²) in [7, 11) is 0. The highest BCUT2D eigenvalue weighted by atomic mass is 79.9. The number of imidazole rings is 1. The van der Waals surface area contributed by atoms with Gasteiger partial charge < -0.3 is 9.84 Å². The van der Waals surface area contributed by atoms with E-state index in [4.69, 9.17) is 0 Å². The highest BCUT2D eigenvalue weighted by Gasteiger charge is 2.31. The summed E-state index contributed by atoms with van der Waals surface area (Å²) in [5.74, 6) is -0.717. The van der Waals surface area contributed by atoms with Crippen molar-refractivity contribution in [2.45, 2.75) is 19.8 Å². The lowest BCUT2D eigenvalue weighted by atomic mass is 10.2. The first kappa shape index (κ1) is 19.0. The van der Waals surface area contributed by atoms with Crippen LogP contribution in [0.15, 0.2) is 52.0 Å². The average molecular weight is 444 g/mol. The number of nitrogens with zero attached hydrogens (tertiary/aromatic N) is 3. The van der Waals surface area contributed by atoms with Gasteiger partial charge in [0.2, 0.25) is 5.88 Å². The Morgan fingerprint density at radius 1 is 1.22 bits per heavy atom. The molecule has 0 atom stereocenters. The Bertz CT molecular complexity index is 1030. The Labute approximate surface area is 159 Å². The largest absolute Gasteiger partial charge is 0.573 e. The van der Waals surface area contributed by atoms with Gasteiger partial charge in [-0.3, -0.25) is 9.55 Å². The van der Waals surface area contributed by atoms with Crippen molar-refractivity contribution in [3.63, 3.8) is 0 Å². The van der Waals surface area contributed by atoms with E-state index in [2.05, 4.69) is 25.7 Å². The van der Waals surface area contributed by atoms with Gasteiger partial charge in [0.25, 0.3) is 0 Å². The molecule has 0 aliphatic rings. The molecule has 10 heteroatoms. The van der Waals surface area contributed by atoms with E-state index in [-0.39, 0.29) is 18.1 Å². The fraction of sp³-hybridized carbons (Fsp3) is 0.176. The van der Waals surface area contributed by atoms with E-state index >= 15 is 0 Å². The predicted molar refractivity (Wildman–Crippen MR) is 94.2 cm³/mol. The van der Waals surface area contributed by atoms with Crippen LogP contribution in [0, 0.1) is 6.92 Å². The molecule has 3 rings (SSSR count). The number of pyridine rings is 1. The fourth-order valence-electron chi connectivity index (χ4n) is 2.56. The smallest absolute Gasteiger partial charge is 0.493 e. The summed E-state index contributed by atoms with van der Waals surface area (Å²) in [6.07, 6.45) is -1.64. The monoisotopic (exact) mass is 443 g/mol. The standard InChI is InChI=1S/C17H13BrF3N3O3/c1-10-15(25)24(12-2-4-13(5-3-12)27-17(19,20)21)16(26)23(10)9-11-6-7-22-8-14(11)18/h2-8,25H,9H2,1H3. The Kier molecular flexibility index (Phi) is 5.01. The number of halogens is 4. The summed E-state index contributed by atoms with van der Waals surface area (Å²) in [4.78, 5) is 16.7. The van der Waals surface area contributed by atoms with Gasteiger partial charge in [-0.25, -0.2) is 9.36 Å². The summed E-state index contributed by atoms with van der Waals surface area (Å²) < 4.78 is 43.7. The minimum absolute atomic E-state index is 0.184. The minimum atomic E-state index is -4.81. The fourth-order valence-corrected chi connectivity index (χ4v) is 2.93. The van der Waals surface area contributed by atoms with E-state index in [0.29, 0.717) is 10.2 Å². The Balaban J connectivity index is 1.98. The molecule has 0 spiro atoms. The second kappa shape index (κ2) is 7.10. The molecule has 2 aromatic heterocycles. The number of aromatic hydroxyl groups is 1. The van der Waals surface area contributed by atoms with Crippen molar-refractivity contribution in [2.24, 2.45) is 0 Å². The van der Waals surface area contributed by atoms with Crippen molar-refractivity contribution < 1.29 is 23.0 Å². The highest BCUT2D eigenvalue weighted by molar-refractivity contribution is 9.10. The van der Waals surface area contributed by atoms with Gasteiger partial charge in [-0.15, -0.1) is 13.2 Å². The lowest BCUT2D eigenvalue weighted by Gasteiger charge is -2.09. The maximum Gasteiger partial charge on any atom is 0.573 e. The third-order valence-electron chi connectivity index (χ3n) is 3.88. The van der Waals surface area contributed by atoms with E-state index in [1.165, 1.54) is 16.7 Å². The molecule has 0 radical (unpaired) electrons. The van der Waals surface area contributed by atoms with Crippen LogP contribution < -0.4 is 10.4 Å². The van der Waals surface area contributed by atoms with E-state index in [1.54, 1.807) is 25.4 Å². The Morgan fingerprint density at radius 2 is 1.89 bits per heavy atom. The van der Waals surface area contributed by atoms with Crippen molar-refractivity contribution in [1.82, 2.24) is 14.1 Å². The molecule has 0 aliphatic carbocycles. The quantitative estimate of drug-likeness (QED) is 0.666. The second-order valence-electron chi connectivity index (χ2n) is 5.62. The SMILES string of the molecule is Cc1c(O)n(-c2ccc(OC(F)(F)F)cc2)c(=O)n1Cc1ccncc1Br. The van der Waals surface area contributed by atoms with Crippen LogP contribution in [0.25, 0.3) is 5.69 Å².